The van der Waals surface area contributed by atoms with E-state index in [2.05, 4.69) is 21.4 Å². The van der Waals surface area contributed by atoms with Crippen LogP contribution in [0.2, 0.25) is 0 Å². The van der Waals surface area contributed by atoms with Crippen molar-refractivity contribution in [3.63, 3.8) is 0 Å². The molecule has 1 N–H and O–H groups in total. The van der Waals surface area contributed by atoms with Crippen LogP contribution in [-0.4, -0.2) is 36.2 Å². The molecule has 28 heavy (non-hydrogen) atoms. The van der Waals surface area contributed by atoms with Gasteiger partial charge in [-0.3, -0.25) is 9.69 Å². The van der Waals surface area contributed by atoms with Gasteiger partial charge in [0.05, 0.1) is 7.11 Å². The number of methoxy groups -OCH3 is 1. The van der Waals surface area contributed by atoms with Crippen LogP contribution < -0.4 is 10.1 Å². The number of hydrogen-bond acceptors (Lipinski definition) is 5. The Morgan fingerprint density at radius 1 is 1.14 bits per heavy atom. The van der Waals surface area contributed by atoms with Gasteiger partial charge in [0.15, 0.2) is 0 Å². The van der Waals surface area contributed by atoms with E-state index >= 15 is 0 Å². The average Bonchev–Trinajstić information content (AvgIpc) is 3.42. The van der Waals surface area contributed by atoms with Gasteiger partial charge >= 0.3 is 0 Å². The molecule has 3 aromatic rings. The van der Waals surface area contributed by atoms with Crippen LogP contribution in [0.1, 0.15) is 29.0 Å². The third-order valence-corrected chi connectivity index (χ3v) is 4.98. The minimum absolute atomic E-state index is 0.182. The van der Waals surface area contributed by atoms with Crippen molar-refractivity contribution in [1.29, 1.82) is 0 Å². The molecular weight excluding hydrogens is 354 g/mol. The van der Waals surface area contributed by atoms with E-state index in [4.69, 9.17) is 9.26 Å². The first-order valence-electron chi connectivity index (χ1n) is 9.46. The molecule has 1 aromatic heterocycles. The highest BCUT2D eigenvalue weighted by atomic mass is 16.5. The zero-order valence-electron chi connectivity index (χ0n) is 15.9. The summed E-state index contributed by atoms with van der Waals surface area (Å²) in [5.41, 5.74) is 3.38. The number of benzene rings is 2. The molecule has 1 saturated heterocycles. The Labute approximate surface area is 164 Å². The predicted octanol–water partition coefficient (Wildman–Crippen LogP) is 4.20. The van der Waals surface area contributed by atoms with Gasteiger partial charge in [0, 0.05) is 23.9 Å². The van der Waals surface area contributed by atoms with Crippen LogP contribution in [0.3, 0.4) is 0 Å². The Bertz CT molecular complexity index is 944. The second-order valence-electron chi connectivity index (χ2n) is 6.90. The molecule has 2 aromatic carbocycles. The monoisotopic (exact) mass is 377 g/mol. The van der Waals surface area contributed by atoms with Gasteiger partial charge < -0.3 is 14.6 Å². The molecule has 0 aliphatic carbocycles. The van der Waals surface area contributed by atoms with Crippen LogP contribution in [-0.2, 0) is 6.54 Å². The number of amides is 1. The summed E-state index contributed by atoms with van der Waals surface area (Å²) in [6.07, 6.45) is 2.47. The third kappa shape index (κ3) is 4.07. The maximum atomic E-state index is 12.7. The fourth-order valence-electron chi connectivity index (χ4n) is 3.43. The van der Waals surface area contributed by atoms with Gasteiger partial charge in [-0.15, -0.1) is 0 Å². The van der Waals surface area contributed by atoms with Gasteiger partial charge in [-0.2, -0.15) is 0 Å². The lowest BCUT2D eigenvalue weighted by Crippen LogP contribution is -2.20. The van der Waals surface area contributed by atoms with E-state index in [0.717, 1.165) is 42.2 Å². The minimum Gasteiger partial charge on any atom is -0.497 e. The van der Waals surface area contributed by atoms with Crippen molar-refractivity contribution in [3.05, 3.63) is 65.9 Å². The maximum absolute atomic E-state index is 12.7. The van der Waals surface area contributed by atoms with E-state index in [-0.39, 0.29) is 11.7 Å². The number of nitrogens with one attached hydrogen (secondary N) is 1. The smallest absolute Gasteiger partial charge is 0.294 e. The quantitative estimate of drug-likeness (QED) is 0.697. The molecule has 2 heterocycles. The molecule has 0 unspecified atom stereocenters. The Balaban J connectivity index is 1.47. The van der Waals surface area contributed by atoms with Crippen LogP contribution >= 0.6 is 0 Å². The highest BCUT2D eigenvalue weighted by Crippen LogP contribution is 2.24. The topological polar surface area (TPSA) is 67.6 Å². The molecule has 1 aliphatic heterocycles. The summed E-state index contributed by atoms with van der Waals surface area (Å²) in [4.78, 5) is 15.1. The first kappa shape index (κ1) is 18.3. The standard InChI is InChI=1S/C22H23N3O3/c1-27-18-10-8-16(9-11-18)20-14-21(28-24-20)22(26)23-19-7-3-2-6-17(19)15-25-12-4-5-13-25/h2-3,6-11,14H,4-5,12-13,15H2,1H3,(H,23,26). The van der Waals surface area contributed by atoms with Crippen molar-refractivity contribution in [2.24, 2.45) is 0 Å². The van der Waals surface area contributed by atoms with Gasteiger partial charge in [-0.05, 0) is 61.8 Å². The number of rotatable bonds is 6. The molecule has 0 saturated carbocycles. The molecular formula is C22H23N3O3. The fraction of sp³-hybridized carbons (Fsp3) is 0.273. The van der Waals surface area contributed by atoms with E-state index in [1.54, 1.807) is 13.2 Å². The summed E-state index contributed by atoms with van der Waals surface area (Å²) in [5.74, 6) is 0.641. The SMILES string of the molecule is COc1ccc(-c2cc(C(=O)Nc3ccccc3CN3CCCC3)on2)cc1. The zero-order valence-corrected chi connectivity index (χ0v) is 15.9. The number of likely N-dealkylation sites (tertiary alicyclic amines) is 1. The van der Waals surface area contributed by atoms with E-state index in [0.29, 0.717) is 5.69 Å². The van der Waals surface area contributed by atoms with Crippen molar-refractivity contribution in [1.82, 2.24) is 10.1 Å². The Hall–Kier alpha value is -3.12. The van der Waals surface area contributed by atoms with Gasteiger partial charge in [0.1, 0.15) is 11.4 Å². The van der Waals surface area contributed by atoms with Crippen LogP contribution in [0.25, 0.3) is 11.3 Å². The number of aromatic nitrogens is 1. The Kier molecular flexibility index (Phi) is 5.39. The summed E-state index contributed by atoms with van der Waals surface area (Å²) in [6, 6.07) is 17.0. The molecule has 1 aliphatic rings. The van der Waals surface area contributed by atoms with Gasteiger partial charge in [-0.1, -0.05) is 23.4 Å². The van der Waals surface area contributed by atoms with Crippen molar-refractivity contribution >= 4 is 11.6 Å². The largest absolute Gasteiger partial charge is 0.497 e. The lowest BCUT2D eigenvalue weighted by Gasteiger charge is -2.17. The average molecular weight is 377 g/mol. The summed E-state index contributed by atoms with van der Waals surface area (Å²) in [5, 5.41) is 6.99. The summed E-state index contributed by atoms with van der Waals surface area (Å²) in [6.45, 7) is 3.05. The van der Waals surface area contributed by atoms with E-state index in [9.17, 15) is 4.79 Å². The predicted molar refractivity (Wildman–Crippen MR) is 107 cm³/mol. The number of nitrogens with zero attached hydrogens (tertiary/aromatic N) is 2. The molecule has 0 radical (unpaired) electrons. The van der Waals surface area contributed by atoms with E-state index in [1.165, 1.54) is 12.8 Å². The highest BCUT2D eigenvalue weighted by Gasteiger charge is 2.18. The van der Waals surface area contributed by atoms with Crippen LogP contribution in [0.15, 0.2) is 59.1 Å². The molecule has 4 rings (SSSR count). The second kappa shape index (κ2) is 8.27. The van der Waals surface area contributed by atoms with Crippen molar-refractivity contribution in [2.75, 3.05) is 25.5 Å². The normalized spacial score (nSPS) is 14.2. The molecule has 6 nitrogen and oxygen atoms in total. The van der Waals surface area contributed by atoms with Gasteiger partial charge in [0.2, 0.25) is 5.76 Å². The van der Waals surface area contributed by atoms with Crippen LogP contribution in [0.5, 0.6) is 5.75 Å². The number of carbonyl (C=O) groups is 1. The molecule has 1 amide bonds. The number of hydrogen-bond donors (Lipinski definition) is 1. The Morgan fingerprint density at radius 2 is 1.89 bits per heavy atom. The number of para-hydroxylation sites is 1. The lowest BCUT2D eigenvalue weighted by atomic mass is 10.1. The minimum atomic E-state index is -0.305. The van der Waals surface area contributed by atoms with Crippen LogP contribution in [0.4, 0.5) is 5.69 Å². The lowest BCUT2D eigenvalue weighted by molar-refractivity contribution is 0.0988. The number of carbonyl (C=O) groups excluding carboxylic acids is 1. The maximum Gasteiger partial charge on any atom is 0.294 e. The van der Waals surface area contributed by atoms with Crippen molar-refractivity contribution < 1.29 is 14.1 Å². The zero-order chi connectivity index (χ0) is 19.3. The summed E-state index contributed by atoms with van der Waals surface area (Å²) < 4.78 is 10.4. The summed E-state index contributed by atoms with van der Waals surface area (Å²) >= 11 is 0. The molecule has 144 valence electrons. The molecule has 0 spiro atoms. The first-order valence-corrected chi connectivity index (χ1v) is 9.46. The van der Waals surface area contributed by atoms with E-state index < -0.39 is 0 Å². The molecule has 1 fully saturated rings. The second-order valence-corrected chi connectivity index (χ2v) is 6.90. The fourth-order valence-corrected chi connectivity index (χ4v) is 3.43. The molecule has 0 bridgehead atoms. The molecule has 6 heteroatoms. The van der Waals surface area contributed by atoms with Gasteiger partial charge in [0.25, 0.3) is 5.91 Å². The van der Waals surface area contributed by atoms with E-state index in [1.807, 2.05) is 42.5 Å². The van der Waals surface area contributed by atoms with Gasteiger partial charge in [-0.25, -0.2) is 0 Å². The number of ether oxygens (including phenoxy) is 1. The summed E-state index contributed by atoms with van der Waals surface area (Å²) in [7, 11) is 1.62. The molecule has 0 atom stereocenters. The first-order chi connectivity index (χ1) is 13.7. The van der Waals surface area contributed by atoms with Crippen molar-refractivity contribution in [2.45, 2.75) is 19.4 Å². The highest BCUT2D eigenvalue weighted by molar-refractivity contribution is 6.03. The van der Waals surface area contributed by atoms with Crippen LogP contribution in [0, 0.1) is 0 Å². The van der Waals surface area contributed by atoms with Crippen molar-refractivity contribution in [3.8, 4) is 17.0 Å². The number of anilines is 1. The Morgan fingerprint density at radius 3 is 2.64 bits per heavy atom. The third-order valence-electron chi connectivity index (χ3n) is 4.98.